The number of carbonyl (C=O) groups excluding carboxylic acids is 1. The first-order chi connectivity index (χ1) is 9.82. The first kappa shape index (κ1) is 15.8. The van der Waals surface area contributed by atoms with E-state index in [1.807, 2.05) is 17.9 Å². The summed E-state index contributed by atoms with van der Waals surface area (Å²) in [6.45, 7) is 12.3. The van der Waals surface area contributed by atoms with Crippen molar-refractivity contribution in [3.8, 4) is 0 Å². The minimum absolute atomic E-state index is 0.0167. The molecule has 1 aliphatic rings. The Balaban J connectivity index is 2.51. The molecular weight excluding hydrogens is 258 g/mol. The lowest BCUT2D eigenvalue weighted by atomic mass is 9.85. The minimum Gasteiger partial charge on any atom is -0.305 e. The first-order valence-corrected chi connectivity index (χ1v) is 7.91. The van der Waals surface area contributed by atoms with Crippen molar-refractivity contribution < 1.29 is 4.79 Å². The Bertz CT molecular complexity index is 533. The number of anilines is 1. The second-order valence-electron chi connectivity index (χ2n) is 7.16. The number of rotatable bonds is 3. The molecule has 0 atom stereocenters. The number of nitrogens with zero attached hydrogens (tertiary/aromatic N) is 1. The molecule has 0 spiro atoms. The number of hydrogen-bond donors (Lipinski definition) is 0. The second-order valence-corrected chi connectivity index (χ2v) is 7.16. The summed E-state index contributed by atoms with van der Waals surface area (Å²) >= 11 is 0. The molecule has 0 aliphatic heterocycles. The minimum atomic E-state index is 0.0167. The monoisotopic (exact) mass is 285 g/mol. The molecule has 2 rings (SSSR count). The fraction of sp³-hybridized carbons (Fsp3) is 0.526. The van der Waals surface area contributed by atoms with Gasteiger partial charge in [-0.05, 0) is 36.8 Å². The van der Waals surface area contributed by atoms with E-state index in [1.165, 1.54) is 18.4 Å². The maximum atomic E-state index is 12.7. The first-order valence-electron chi connectivity index (χ1n) is 7.91. The molecule has 1 aromatic rings. The van der Waals surface area contributed by atoms with Crippen LogP contribution in [0, 0.1) is 0 Å². The van der Waals surface area contributed by atoms with E-state index in [9.17, 15) is 4.79 Å². The summed E-state index contributed by atoms with van der Waals surface area (Å²) < 4.78 is 0. The van der Waals surface area contributed by atoms with Crippen LogP contribution in [-0.2, 0) is 10.2 Å². The van der Waals surface area contributed by atoms with Crippen molar-refractivity contribution in [2.45, 2.75) is 64.8 Å². The van der Waals surface area contributed by atoms with Gasteiger partial charge >= 0.3 is 0 Å². The smallest absolute Gasteiger partial charge is 0.253 e. The lowest BCUT2D eigenvalue weighted by Gasteiger charge is -2.34. The number of hydrogen-bond acceptors (Lipinski definition) is 1. The van der Waals surface area contributed by atoms with Gasteiger partial charge in [0.05, 0.1) is 0 Å². The molecule has 1 amide bonds. The van der Waals surface area contributed by atoms with Gasteiger partial charge in [-0.15, -0.1) is 0 Å². The zero-order chi connectivity index (χ0) is 15.6. The van der Waals surface area contributed by atoms with Crippen LogP contribution < -0.4 is 4.90 Å². The molecule has 0 bridgehead atoms. The van der Waals surface area contributed by atoms with Crippen LogP contribution in [0.4, 0.5) is 5.69 Å². The van der Waals surface area contributed by atoms with E-state index in [-0.39, 0.29) is 11.3 Å². The summed E-state index contributed by atoms with van der Waals surface area (Å²) in [4.78, 5) is 14.7. The fourth-order valence-corrected chi connectivity index (χ4v) is 3.16. The van der Waals surface area contributed by atoms with E-state index in [2.05, 4.69) is 45.5 Å². The van der Waals surface area contributed by atoms with Crippen LogP contribution in [0.2, 0.25) is 0 Å². The van der Waals surface area contributed by atoms with E-state index in [4.69, 9.17) is 0 Å². The predicted molar refractivity (Wildman–Crippen MR) is 89.7 cm³/mol. The molecule has 0 heterocycles. The van der Waals surface area contributed by atoms with Crippen LogP contribution in [0.5, 0.6) is 0 Å². The molecular formula is C19H27NO. The van der Waals surface area contributed by atoms with E-state index >= 15 is 0 Å². The Kier molecular flexibility index (Phi) is 4.55. The lowest BCUT2D eigenvalue weighted by Crippen LogP contribution is -2.40. The van der Waals surface area contributed by atoms with Gasteiger partial charge in [0.15, 0.2) is 0 Å². The van der Waals surface area contributed by atoms with Gasteiger partial charge in [0.2, 0.25) is 0 Å². The van der Waals surface area contributed by atoms with Gasteiger partial charge in [-0.25, -0.2) is 0 Å². The van der Waals surface area contributed by atoms with Crippen molar-refractivity contribution in [3.05, 3.63) is 42.0 Å². The molecule has 1 fully saturated rings. The topological polar surface area (TPSA) is 20.3 Å². The predicted octanol–water partition coefficient (Wildman–Crippen LogP) is 4.84. The van der Waals surface area contributed by atoms with Gasteiger partial charge in [0.25, 0.3) is 5.91 Å². The number of para-hydroxylation sites is 1. The Morgan fingerprint density at radius 3 is 2.29 bits per heavy atom. The van der Waals surface area contributed by atoms with Gasteiger partial charge in [0, 0.05) is 17.3 Å². The summed E-state index contributed by atoms with van der Waals surface area (Å²) in [6, 6.07) is 8.63. The van der Waals surface area contributed by atoms with Crippen LogP contribution >= 0.6 is 0 Å². The van der Waals surface area contributed by atoms with Gasteiger partial charge in [-0.3, -0.25) is 4.79 Å². The van der Waals surface area contributed by atoms with Gasteiger partial charge in [-0.2, -0.15) is 0 Å². The molecule has 114 valence electrons. The van der Waals surface area contributed by atoms with Crippen molar-refractivity contribution in [3.63, 3.8) is 0 Å². The summed E-state index contributed by atoms with van der Waals surface area (Å²) in [5.41, 5.74) is 2.92. The third-order valence-corrected chi connectivity index (χ3v) is 4.25. The highest BCUT2D eigenvalue weighted by Crippen LogP contribution is 2.36. The third kappa shape index (κ3) is 3.37. The Morgan fingerprint density at radius 1 is 1.19 bits per heavy atom. The zero-order valence-electron chi connectivity index (χ0n) is 13.8. The van der Waals surface area contributed by atoms with Crippen LogP contribution in [0.15, 0.2) is 36.4 Å². The summed E-state index contributed by atoms with van der Waals surface area (Å²) in [7, 11) is 0. The molecule has 0 saturated heterocycles. The van der Waals surface area contributed by atoms with Gasteiger partial charge in [-0.1, -0.05) is 58.4 Å². The highest BCUT2D eigenvalue weighted by atomic mass is 16.2. The number of carbonyl (C=O) groups is 1. The van der Waals surface area contributed by atoms with E-state index in [0.29, 0.717) is 11.6 Å². The van der Waals surface area contributed by atoms with Crippen molar-refractivity contribution in [2.75, 3.05) is 4.90 Å². The van der Waals surface area contributed by atoms with E-state index in [0.717, 1.165) is 18.5 Å². The average molecular weight is 285 g/mol. The highest BCUT2D eigenvalue weighted by Gasteiger charge is 2.31. The Morgan fingerprint density at radius 2 is 1.76 bits per heavy atom. The van der Waals surface area contributed by atoms with Crippen LogP contribution in [0.1, 0.15) is 58.9 Å². The molecule has 2 heteroatoms. The quantitative estimate of drug-likeness (QED) is 0.728. The molecule has 2 nitrogen and oxygen atoms in total. The van der Waals surface area contributed by atoms with Crippen LogP contribution in [0.3, 0.4) is 0 Å². The van der Waals surface area contributed by atoms with Crippen molar-refractivity contribution in [1.82, 2.24) is 0 Å². The maximum absolute atomic E-state index is 12.7. The summed E-state index contributed by atoms with van der Waals surface area (Å²) in [5, 5.41) is 0. The highest BCUT2D eigenvalue weighted by molar-refractivity contribution is 6.05. The molecule has 0 aromatic heterocycles. The standard InChI is InChI=1S/C19H27NO/c1-14(2)18(21)20(15-10-6-7-11-15)17-13-9-8-12-16(17)19(3,4)5/h8-9,12-13,15H,1,6-7,10-11H2,2-5H3. The van der Waals surface area contributed by atoms with Crippen molar-refractivity contribution in [1.29, 1.82) is 0 Å². The Labute approximate surface area is 128 Å². The summed E-state index contributed by atoms with van der Waals surface area (Å²) in [5.74, 6) is 0.0681. The molecule has 1 saturated carbocycles. The molecule has 21 heavy (non-hydrogen) atoms. The fourth-order valence-electron chi connectivity index (χ4n) is 3.16. The second kappa shape index (κ2) is 6.05. The lowest BCUT2D eigenvalue weighted by molar-refractivity contribution is -0.115. The van der Waals surface area contributed by atoms with Gasteiger partial charge < -0.3 is 4.90 Å². The van der Waals surface area contributed by atoms with Gasteiger partial charge in [0.1, 0.15) is 0 Å². The molecule has 0 unspecified atom stereocenters. The largest absolute Gasteiger partial charge is 0.305 e. The van der Waals surface area contributed by atoms with E-state index in [1.54, 1.807) is 0 Å². The molecule has 0 N–H and O–H groups in total. The zero-order valence-corrected chi connectivity index (χ0v) is 13.8. The van der Waals surface area contributed by atoms with Crippen molar-refractivity contribution >= 4 is 11.6 Å². The van der Waals surface area contributed by atoms with Crippen molar-refractivity contribution in [2.24, 2.45) is 0 Å². The summed E-state index contributed by atoms with van der Waals surface area (Å²) in [6.07, 6.45) is 4.61. The normalized spacial score (nSPS) is 16.0. The SMILES string of the molecule is C=C(C)C(=O)N(c1ccccc1C(C)(C)C)C1CCCC1. The molecule has 1 aromatic carbocycles. The number of benzene rings is 1. The van der Waals surface area contributed by atoms with E-state index < -0.39 is 0 Å². The average Bonchev–Trinajstić information content (AvgIpc) is 2.92. The van der Waals surface area contributed by atoms with Crippen LogP contribution in [0.25, 0.3) is 0 Å². The maximum Gasteiger partial charge on any atom is 0.253 e. The third-order valence-electron chi connectivity index (χ3n) is 4.25. The number of amides is 1. The molecule has 0 radical (unpaired) electrons. The molecule has 1 aliphatic carbocycles. The van der Waals surface area contributed by atoms with Crippen LogP contribution in [-0.4, -0.2) is 11.9 Å². The Hall–Kier alpha value is -1.57.